The van der Waals surface area contributed by atoms with Gasteiger partial charge in [0.1, 0.15) is 5.82 Å². The molecule has 0 spiro atoms. The lowest BCUT2D eigenvalue weighted by atomic mass is 10.1. The zero-order chi connectivity index (χ0) is 20.3. The molecular formula is C20H17F4N3O. The lowest BCUT2D eigenvalue weighted by molar-refractivity contribution is -0.137. The highest BCUT2D eigenvalue weighted by atomic mass is 19.4. The number of alkyl halides is 3. The lowest BCUT2D eigenvalue weighted by Crippen LogP contribution is -2.26. The Morgan fingerprint density at radius 1 is 1.14 bits per heavy atom. The van der Waals surface area contributed by atoms with Crippen LogP contribution in [0.4, 0.5) is 17.6 Å². The van der Waals surface area contributed by atoms with Crippen molar-refractivity contribution in [1.29, 1.82) is 0 Å². The molecule has 1 heterocycles. The van der Waals surface area contributed by atoms with Gasteiger partial charge in [-0.3, -0.25) is 4.79 Å². The van der Waals surface area contributed by atoms with Crippen LogP contribution in [0.1, 0.15) is 27.2 Å². The number of aromatic nitrogens is 2. The summed E-state index contributed by atoms with van der Waals surface area (Å²) in [5, 5.41) is 6.79. The van der Waals surface area contributed by atoms with Gasteiger partial charge in [-0.25, -0.2) is 9.07 Å². The van der Waals surface area contributed by atoms with E-state index in [4.69, 9.17) is 0 Å². The molecule has 4 nitrogen and oxygen atoms in total. The van der Waals surface area contributed by atoms with Crippen LogP contribution in [0.3, 0.4) is 0 Å². The number of rotatable bonds is 5. The van der Waals surface area contributed by atoms with Crippen molar-refractivity contribution in [2.24, 2.45) is 0 Å². The van der Waals surface area contributed by atoms with E-state index in [0.717, 1.165) is 17.7 Å². The second kappa shape index (κ2) is 7.84. The third-order valence-electron chi connectivity index (χ3n) is 4.28. The molecule has 8 heteroatoms. The third kappa shape index (κ3) is 4.39. The van der Waals surface area contributed by atoms with Gasteiger partial charge in [-0.15, -0.1) is 0 Å². The van der Waals surface area contributed by atoms with E-state index in [-0.39, 0.29) is 23.0 Å². The van der Waals surface area contributed by atoms with Crippen LogP contribution < -0.4 is 5.32 Å². The molecule has 0 radical (unpaired) electrons. The number of carbonyl (C=O) groups is 1. The average Bonchev–Trinajstić information content (AvgIpc) is 3.04. The number of hydrogen-bond donors (Lipinski definition) is 1. The quantitative estimate of drug-likeness (QED) is 0.659. The topological polar surface area (TPSA) is 46.9 Å². The van der Waals surface area contributed by atoms with Gasteiger partial charge in [0.15, 0.2) is 0 Å². The molecular weight excluding hydrogens is 374 g/mol. The summed E-state index contributed by atoms with van der Waals surface area (Å²) in [5.74, 6) is -0.705. The van der Waals surface area contributed by atoms with Crippen LogP contribution in [-0.4, -0.2) is 22.2 Å². The van der Waals surface area contributed by atoms with E-state index >= 15 is 0 Å². The monoisotopic (exact) mass is 391 g/mol. The molecule has 0 saturated carbocycles. The minimum absolute atomic E-state index is 0.220. The first-order valence-corrected chi connectivity index (χ1v) is 8.50. The molecule has 0 aliphatic carbocycles. The van der Waals surface area contributed by atoms with Crippen LogP contribution in [0.15, 0.2) is 54.7 Å². The molecule has 0 bridgehead atoms. The number of halogens is 4. The normalized spacial score (nSPS) is 11.5. The molecule has 0 fully saturated rings. The van der Waals surface area contributed by atoms with Crippen LogP contribution in [-0.2, 0) is 12.6 Å². The summed E-state index contributed by atoms with van der Waals surface area (Å²) in [7, 11) is 0. The Morgan fingerprint density at radius 2 is 1.86 bits per heavy atom. The summed E-state index contributed by atoms with van der Waals surface area (Å²) >= 11 is 0. The molecule has 1 amide bonds. The summed E-state index contributed by atoms with van der Waals surface area (Å²) in [5.41, 5.74) is 1.01. The number of nitrogens with zero attached hydrogens (tertiary/aromatic N) is 2. The van der Waals surface area contributed by atoms with Gasteiger partial charge in [0.25, 0.3) is 5.91 Å². The van der Waals surface area contributed by atoms with Gasteiger partial charge >= 0.3 is 6.18 Å². The Bertz CT molecular complexity index is 978. The first-order valence-electron chi connectivity index (χ1n) is 8.50. The highest BCUT2D eigenvalue weighted by molar-refractivity contribution is 5.95. The predicted molar refractivity (Wildman–Crippen MR) is 95.7 cm³/mol. The second-order valence-electron chi connectivity index (χ2n) is 6.24. The fourth-order valence-corrected chi connectivity index (χ4v) is 2.77. The van der Waals surface area contributed by atoms with Gasteiger partial charge in [-0.1, -0.05) is 18.2 Å². The van der Waals surface area contributed by atoms with Crippen molar-refractivity contribution < 1.29 is 22.4 Å². The fraction of sp³-hybridized carbons (Fsp3) is 0.200. The number of carbonyl (C=O) groups excluding carboxylic acids is 1. The summed E-state index contributed by atoms with van der Waals surface area (Å²) in [6, 6.07) is 10.7. The maximum Gasteiger partial charge on any atom is 0.416 e. The van der Waals surface area contributed by atoms with Crippen molar-refractivity contribution in [1.82, 2.24) is 15.1 Å². The molecule has 28 heavy (non-hydrogen) atoms. The zero-order valence-corrected chi connectivity index (χ0v) is 14.9. The van der Waals surface area contributed by atoms with Crippen molar-refractivity contribution in [2.45, 2.75) is 19.5 Å². The van der Waals surface area contributed by atoms with Crippen LogP contribution >= 0.6 is 0 Å². The maximum absolute atomic E-state index is 12.9. The standard InChI is InChI=1S/C20H17F4N3O/c1-13-18(19(28)25-10-9-14-5-7-16(21)8-6-14)12-26-27(13)17-4-2-3-15(11-17)20(22,23)24/h2-8,11-12H,9-10H2,1H3,(H,25,28). The number of benzene rings is 2. The largest absolute Gasteiger partial charge is 0.416 e. The molecule has 3 rings (SSSR count). The molecule has 0 unspecified atom stereocenters. The highest BCUT2D eigenvalue weighted by Crippen LogP contribution is 2.30. The molecule has 3 aromatic rings. The van der Waals surface area contributed by atoms with Gasteiger partial charge in [-0.2, -0.15) is 18.3 Å². The van der Waals surface area contributed by atoms with Crippen molar-refractivity contribution in [3.8, 4) is 5.69 Å². The molecule has 1 aromatic heterocycles. The second-order valence-corrected chi connectivity index (χ2v) is 6.24. The number of hydrogen-bond acceptors (Lipinski definition) is 2. The van der Waals surface area contributed by atoms with Gasteiger partial charge in [0, 0.05) is 6.54 Å². The zero-order valence-electron chi connectivity index (χ0n) is 14.9. The van der Waals surface area contributed by atoms with Crippen molar-refractivity contribution in [3.63, 3.8) is 0 Å². The van der Waals surface area contributed by atoms with Crippen molar-refractivity contribution in [2.75, 3.05) is 6.54 Å². The number of nitrogens with one attached hydrogen (secondary N) is 1. The fourth-order valence-electron chi connectivity index (χ4n) is 2.77. The van der Waals surface area contributed by atoms with E-state index in [9.17, 15) is 22.4 Å². The third-order valence-corrected chi connectivity index (χ3v) is 4.28. The lowest BCUT2D eigenvalue weighted by Gasteiger charge is -2.10. The van der Waals surface area contributed by atoms with Crippen LogP contribution in [0.25, 0.3) is 5.69 Å². The molecule has 1 N–H and O–H groups in total. The average molecular weight is 391 g/mol. The maximum atomic E-state index is 12.9. The van der Waals surface area contributed by atoms with Gasteiger partial charge in [-0.05, 0) is 49.2 Å². The smallest absolute Gasteiger partial charge is 0.352 e. The van der Waals surface area contributed by atoms with Gasteiger partial charge in [0.05, 0.1) is 28.7 Å². The van der Waals surface area contributed by atoms with E-state index in [1.54, 1.807) is 19.1 Å². The molecule has 0 atom stereocenters. The molecule has 146 valence electrons. The van der Waals surface area contributed by atoms with Crippen LogP contribution in [0.5, 0.6) is 0 Å². The van der Waals surface area contributed by atoms with E-state index in [1.165, 1.54) is 35.1 Å². The van der Waals surface area contributed by atoms with Gasteiger partial charge < -0.3 is 5.32 Å². The summed E-state index contributed by atoms with van der Waals surface area (Å²) < 4.78 is 52.9. The minimum Gasteiger partial charge on any atom is -0.352 e. The van der Waals surface area contributed by atoms with Crippen LogP contribution in [0.2, 0.25) is 0 Å². The summed E-state index contributed by atoms with van der Waals surface area (Å²) in [6.45, 7) is 1.95. The molecule has 0 saturated heterocycles. The Kier molecular flexibility index (Phi) is 5.48. The number of amides is 1. The van der Waals surface area contributed by atoms with Crippen LogP contribution in [0, 0.1) is 12.7 Å². The Labute approximate surface area is 158 Å². The minimum atomic E-state index is -4.46. The predicted octanol–water partition coefficient (Wildman–Crippen LogP) is 4.31. The summed E-state index contributed by atoms with van der Waals surface area (Å²) in [6.07, 6.45) is -2.62. The van der Waals surface area contributed by atoms with Crippen molar-refractivity contribution >= 4 is 5.91 Å². The molecule has 0 aliphatic rings. The summed E-state index contributed by atoms with van der Waals surface area (Å²) in [4.78, 5) is 12.4. The Balaban J connectivity index is 1.70. The Morgan fingerprint density at radius 3 is 2.54 bits per heavy atom. The molecule has 0 aliphatic heterocycles. The Hall–Kier alpha value is -3.16. The van der Waals surface area contributed by atoms with E-state index in [2.05, 4.69) is 10.4 Å². The highest BCUT2D eigenvalue weighted by Gasteiger charge is 2.30. The molecule has 2 aromatic carbocycles. The van der Waals surface area contributed by atoms with Crippen molar-refractivity contribution in [3.05, 3.63) is 82.9 Å². The first-order chi connectivity index (χ1) is 13.3. The SMILES string of the molecule is Cc1c(C(=O)NCCc2ccc(F)cc2)cnn1-c1cccc(C(F)(F)F)c1. The van der Waals surface area contributed by atoms with E-state index in [0.29, 0.717) is 18.7 Å². The van der Waals surface area contributed by atoms with E-state index in [1.807, 2.05) is 0 Å². The first kappa shape index (κ1) is 19.6. The van der Waals surface area contributed by atoms with E-state index < -0.39 is 11.7 Å². The van der Waals surface area contributed by atoms with Gasteiger partial charge in [0.2, 0.25) is 0 Å².